The molecule has 6 heteroatoms. The Morgan fingerprint density at radius 2 is 1.76 bits per heavy atom. The van der Waals surface area contributed by atoms with Crippen LogP contribution in [0.5, 0.6) is 11.5 Å². The lowest BCUT2D eigenvalue weighted by molar-refractivity contribution is 0.395. The number of rotatable bonds is 6. The Morgan fingerprint density at radius 3 is 2.40 bits per heavy atom. The number of benzene rings is 2. The zero-order chi connectivity index (χ0) is 17.8. The van der Waals surface area contributed by atoms with Gasteiger partial charge in [-0.3, -0.25) is 0 Å². The minimum atomic E-state index is 0.456. The Labute approximate surface area is 147 Å². The maximum atomic E-state index is 5.40. The summed E-state index contributed by atoms with van der Waals surface area (Å²) in [6.07, 6.45) is 0. The summed E-state index contributed by atoms with van der Waals surface area (Å²) in [6, 6.07) is 13.9. The van der Waals surface area contributed by atoms with E-state index in [1.807, 2.05) is 30.3 Å². The van der Waals surface area contributed by atoms with Crippen LogP contribution in [-0.2, 0) is 6.54 Å². The van der Waals surface area contributed by atoms with Gasteiger partial charge in [0.15, 0.2) is 0 Å². The van der Waals surface area contributed by atoms with E-state index in [1.165, 1.54) is 5.56 Å². The average molecular weight is 338 g/mol. The fourth-order valence-electron chi connectivity index (χ4n) is 2.60. The highest BCUT2D eigenvalue weighted by Crippen LogP contribution is 2.25. The Kier molecular flexibility index (Phi) is 4.97. The Morgan fingerprint density at radius 1 is 1.00 bits per heavy atom. The van der Waals surface area contributed by atoms with Gasteiger partial charge in [-0.2, -0.15) is 4.80 Å². The highest BCUT2D eigenvalue weighted by molar-refractivity contribution is 5.54. The molecule has 1 heterocycles. The predicted molar refractivity (Wildman–Crippen MR) is 96.0 cm³/mol. The van der Waals surface area contributed by atoms with Gasteiger partial charge >= 0.3 is 0 Å². The summed E-state index contributed by atoms with van der Waals surface area (Å²) < 4.78 is 10.7. The summed E-state index contributed by atoms with van der Waals surface area (Å²) >= 11 is 0. The standard InChI is InChI=1S/C19H22N4O2/c1-13(2)14-5-7-15(8-6-14)19-20-22-23(21-19)12-16-11-17(24-3)9-10-18(16)25-4/h5-11,13H,12H2,1-4H3. The van der Waals surface area contributed by atoms with Crippen molar-refractivity contribution in [1.82, 2.24) is 20.2 Å². The molecule has 0 unspecified atom stereocenters. The third-order valence-electron chi connectivity index (χ3n) is 4.09. The van der Waals surface area contributed by atoms with Gasteiger partial charge in [-0.15, -0.1) is 10.2 Å². The van der Waals surface area contributed by atoms with Crippen molar-refractivity contribution < 1.29 is 9.47 Å². The van der Waals surface area contributed by atoms with Gasteiger partial charge in [0.1, 0.15) is 11.5 Å². The van der Waals surface area contributed by atoms with Crippen molar-refractivity contribution in [1.29, 1.82) is 0 Å². The minimum absolute atomic E-state index is 0.456. The molecule has 0 spiro atoms. The number of hydrogen-bond acceptors (Lipinski definition) is 5. The fourth-order valence-corrected chi connectivity index (χ4v) is 2.60. The monoisotopic (exact) mass is 338 g/mol. The van der Waals surface area contributed by atoms with E-state index < -0.39 is 0 Å². The summed E-state index contributed by atoms with van der Waals surface area (Å²) in [5.74, 6) is 2.64. The smallest absolute Gasteiger partial charge is 0.204 e. The third-order valence-corrected chi connectivity index (χ3v) is 4.09. The Hall–Kier alpha value is -2.89. The Balaban J connectivity index is 1.82. The van der Waals surface area contributed by atoms with E-state index in [2.05, 4.69) is 41.4 Å². The lowest BCUT2D eigenvalue weighted by Gasteiger charge is -2.09. The molecular weight excluding hydrogens is 316 g/mol. The topological polar surface area (TPSA) is 62.1 Å². The third kappa shape index (κ3) is 3.79. The molecule has 0 aliphatic carbocycles. The van der Waals surface area contributed by atoms with Gasteiger partial charge in [-0.25, -0.2) is 0 Å². The van der Waals surface area contributed by atoms with E-state index in [9.17, 15) is 0 Å². The fraction of sp³-hybridized carbons (Fsp3) is 0.316. The lowest BCUT2D eigenvalue weighted by atomic mass is 10.0. The molecule has 3 aromatic rings. The Bertz CT molecular complexity index is 841. The first-order chi connectivity index (χ1) is 12.1. The van der Waals surface area contributed by atoms with Gasteiger partial charge in [-0.1, -0.05) is 38.1 Å². The van der Waals surface area contributed by atoms with Crippen molar-refractivity contribution in [3.05, 3.63) is 53.6 Å². The highest BCUT2D eigenvalue weighted by Gasteiger charge is 2.10. The molecule has 130 valence electrons. The van der Waals surface area contributed by atoms with Gasteiger partial charge in [0.2, 0.25) is 5.82 Å². The zero-order valence-electron chi connectivity index (χ0n) is 14.9. The van der Waals surface area contributed by atoms with Crippen LogP contribution in [0.2, 0.25) is 0 Å². The maximum absolute atomic E-state index is 5.40. The van der Waals surface area contributed by atoms with Crippen LogP contribution in [0.3, 0.4) is 0 Å². The van der Waals surface area contributed by atoms with Crippen LogP contribution in [0.15, 0.2) is 42.5 Å². The van der Waals surface area contributed by atoms with Crippen LogP contribution in [0.1, 0.15) is 30.9 Å². The number of hydrogen-bond donors (Lipinski definition) is 0. The summed E-state index contributed by atoms with van der Waals surface area (Å²) in [5.41, 5.74) is 3.17. The van der Waals surface area contributed by atoms with Crippen LogP contribution < -0.4 is 9.47 Å². The van der Waals surface area contributed by atoms with Gasteiger partial charge in [-0.05, 0) is 34.9 Å². The SMILES string of the molecule is COc1ccc(OC)c(Cn2nnc(-c3ccc(C(C)C)cc3)n2)c1. The summed E-state index contributed by atoms with van der Waals surface area (Å²) in [7, 11) is 3.28. The van der Waals surface area contributed by atoms with Gasteiger partial charge in [0.05, 0.1) is 20.8 Å². The largest absolute Gasteiger partial charge is 0.497 e. The molecule has 25 heavy (non-hydrogen) atoms. The molecule has 0 atom stereocenters. The van der Waals surface area contributed by atoms with Crippen molar-refractivity contribution in [3.8, 4) is 22.9 Å². The number of tetrazole rings is 1. The molecular formula is C19H22N4O2. The molecule has 0 N–H and O–H groups in total. The van der Waals surface area contributed by atoms with Crippen molar-refractivity contribution in [2.24, 2.45) is 0 Å². The molecule has 1 aromatic heterocycles. The molecule has 3 rings (SSSR count). The lowest BCUT2D eigenvalue weighted by Crippen LogP contribution is -2.06. The van der Waals surface area contributed by atoms with E-state index >= 15 is 0 Å². The normalized spacial score (nSPS) is 10.9. The molecule has 0 fully saturated rings. The second-order valence-corrected chi connectivity index (χ2v) is 6.10. The van der Waals surface area contributed by atoms with E-state index in [4.69, 9.17) is 9.47 Å². The van der Waals surface area contributed by atoms with Gasteiger partial charge < -0.3 is 9.47 Å². The molecule has 0 amide bonds. The molecule has 0 saturated carbocycles. The first-order valence-electron chi connectivity index (χ1n) is 8.19. The molecule has 0 aliphatic rings. The number of ether oxygens (including phenoxy) is 2. The molecule has 0 radical (unpaired) electrons. The van der Waals surface area contributed by atoms with Crippen molar-refractivity contribution >= 4 is 0 Å². The molecule has 0 aliphatic heterocycles. The molecule has 0 saturated heterocycles. The maximum Gasteiger partial charge on any atom is 0.204 e. The first-order valence-corrected chi connectivity index (χ1v) is 8.19. The van der Waals surface area contributed by atoms with Crippen LogP contribution >= 0.6 is 0 Å². The summed E-state index contributed by atoms with van der Waals surface area (Å²) in [4.78, 5) is 1.56. The number of nitrogens with zero attached hydrogens (tertiary/aromatic N) is 4. The average Bonchev–Trinajstić information content (AvgIpc) is 3.10. The van der Waals surface area contributed by atoms with Gasteiger partial charge in [0, 0.05) is 11.1 Å². The van der Waals surface area contributed by atoms with E-state index in [-0.39, 0.29) is 0 Å². The van der Waals surface area contributed by atoms with Crippen LogP contribution in [0.4, 0.5) is 0 Å². The van der Waals surface area contributed by atoms with Crippen molar-refractivity contribution in [2.45, 2.75) is 26.3 Å². The minimum Gasteiger partial charge on any atom is -0.497 e. The molecule has 2 aromatic carbocycles. The summed E-state index contributed by atoms with van der Waals surface area (Å²) in [6.45, 7) is 4.80. The van der Waals surface area contributed by atoms with Crippen molar-refractivity contribution in [3.63, 3.8) is 0 Å². The number of methoxy groups -OCH3 is 2. The van der Waals surface area contributed by atoms with Crippen LogP contribution in [0.25, 0.3) is 11.4 Å². The van der Waals surface area contributed by atoms with E-state index in [0.717, 1.165) is 22.6 Å². The van der Waals surface area contributed by atoms with E-state index in [0.29, 0.717) is 18.3 Å². The molecule has 6 nitrogen and oxygen atoms in total. The summed E-state index contributed by atoms with van der Waals surface area (Å²) in [5, 5.41) is 12.8. The van der Waals surface area contributed by atoms with E-state index in [1.54, 1.807) is 19.0 Å². The second kappa shape index (κ2) is 7.34. The quantitative estimate of drug-likeness (QED) is 0.688. The van der Waals surface area contributed by atoms with Gasteiger partial charge in [0.25, 0.3) is 0 Å². The van der Waals surface area contributed by atoms with Crippen LogP contribution in [-0.4, -0.2) is 34.4 Å². The zero-order valence-corrected chi connectivity index (χ0v) is 14.9. The first kappa shape index (κ1) is 17.0. The van der Waals surface area contributed by atoms with Crippen LogP contribution in [0, 0.1) is 0 Å². The predicted octanol–water partition coefficient (Wildman–Crippen LogP) is 3.53. The second-order valence-electron chi connectivity index (χ2n) is 6.10. The molecule has 0 bridgehead atoms. The van der Waals surface area contributed by atoms with Crippen molar-refractivity contribution in [2.75, 3.05) is 14.2 Å². The number of aromatic nitrogens is 4. The highest BCUT2D eigenvalue weighted by atomic mass is 16.5.